The van der Waals surface area contributed by atoms with Gasteiger partial charge in [-0.2, -0.15) is 4.31 Å². The van der Waals surface area contributed by atoms with E-state index >= 15 is 0 Å². The Morgan fingerprint density at radius 2 is 1.97 bits per heavy atom. The Bertz CT molecular complexity index is 909. The van der Waals surface area contributed by atoms with Crippen molar-refractivity contribution in [2.24, 2.45) is 5.92 Å². The summed E-state index contributed by atoms with van der Waals surface area (Å²) in [6, 6.07) is 3.10. The maximum atomic E-state index is 13.4. The lowest BCUT2D eigenvalue weighted by Gasteiger charge is -2.34. The first-order valence-electron chi connectivity index (χ1n) is 10.6. The Hall–Kier alpha value is -2.13. The highest BCUT2D eigenvalue weighted by molar-refractivity contribution is 7.89. The Balaban J connectivity index is 1.83. The molecule has 9 heteroatoms. The number of benzene rings is 1. The molecule has 0 saturated carbocycles. The van der Waals surface area contributed by atoms with Crippen molar-refractivity contribution < 1.29 is 22.7 Å². The van der Waals surface area contributed by atoms with Crippen molar-refractivity contribution in [2.75, 3.05) is 38.1 Å². The van der Waals surface area contributed by atoms with Gasteiger partial charge in [-0.1, -0.05) is 13.8 Å². The lowest BCUT2D eigenvalue weighted by molar-refractivity contribution is -0.136. The number of nitrogens with one attached hydrogen (secondary N) is 1. The third-order valence-corrected chi connectivity index (χ3v) is 7.57. The number of piperidine rings is 1. The number of hydrogen-bond donors (Lipinski definition) is 1. The quantitative estimate of drug-likeness (QED) is 0.707. The molecule has 2 aliphatic heterocycles. The van der Waals surface area contributed by atoms with Gasteiger partial charge >= 0.3 is 0 Å². The van der Waals surface area contributed by atoms with E-state index in [9.17, 15) is 18.0 Å². The fourth-order valence-corrected chi connectivity index (χ4v) is 5.87. The van der Waals surface area contributed by atoms with E-state index in [1.165, 1.54) is 10.4 Å². The van der Waals surface area contributed by atoms with Crippen molar-refractivity contribution >= 4 is 27.5 Å². The summed E-state index contributed by atoms with van der Waals surface area (Å²) in [5, 5.41) is 2.69. The predicted octanol–water partition coefficient (Wildman–Crippen LogP) is 2.38. The summed E-state index contributed by atoms with van der Waals surface area (Å²) >= 11 is 0. The number of sulfonamides is 1. The molecule has 1 atom stereocenters. The zero-order chi connectivity index (χ0) is 21.9. The van der Waals surface area contributed by atoms with Crippen LogP contribution in [0.1, 0.15) is 45.1 Å². The summed E-state index contributed by atoms with van der Waals surface area (Å²) in [5.74, 6) is -0.189. The van der Waals surface area contributed by atoms with E-state index in [0.29, 0.717) is 49.5 Å². The maximum Gasteiger partial charge on any atom is 0.262 e. The van der Waals surface area contributed by atoms with E-state index in [0.717, 1.165) is 12.8 Å². The molecule has 1 unspecified atom stereocenters. The monoisotopic (exact) mass is 437 g/mol. The summed E-state index contributed by atoms with van der Waals surface area (Å²) in [6.07, 6.45) is 3.11. The first-order valence-corrected chi connectivity index (χ1v) is 12.1. The maximum absolute atomic E-state index is 13.4. The van der Waals surface area contributed by atoms with E-state index in [1.54, 1.807) is 13.0 Å². The van der Waals surface area contributed by atoms with Crippen molar-refractivity contribution in [2.45, 2.75) is 51.3 Å². The third-order valence-electron chi connectivity index (χ3n) is 5.56. The second-order valence-corrected chi connectivity index (χ2v) is 9.88. The number of anilines is 1. The molecule has 1 saturated heterocycles. The number of ether oxygens (including phenoxy) is 1. The summed E-state index contributed by atoms with van der Waals surface area (Å²) in [7, 11) is -3.79. The molecule has 8 nitrogen and oxygen atoms in total. The topological polar surface area (TPSA) is 96.0 Å². The van der Waals surface area contributed by atoms with Crippen LogP contribution in [-0.4, -0.2) is 62.2 Å². The fourth-order valence-electron chi connectivity index (χ4n) is 4.13. The molecule has 0 bridgehead atoms. The SMILES string of the molecule is CCCN(CCC)C(=O)C1CCCN(S(=O)(=O)c2cc3c(cc2C)NC(=O)CO3)C1. The number of carbonyl (C=O) groups excluding carboxylic acids is 2. The van der Waals surface area contributed by atoms with Crippen LogP contribution in [-0.2, 0) is 19.6 Å². The van der Waals surface area contributed by atoms with Crippen LogP contribution >= 0.6 is 0 Å². The minimum absolute atomic E-state index is 0.0480. The molecule has 2 amide bonds. The molecule has 1 fully saturated rings. The first-order chi connectivity index (χ1) is 14.3. The van der Waals surface area contributed by atoms with E-state index < -0.39 is 10.0 Å². The molecule has 1 N–H and O–H groups in total. The molecule has 0 aromatic heterocycles. The van der Waals surface area contributed by atoms with Crippen LogP contribution in [0.4, 0.5) is 5.69 Å². The van der Waals surface area contributed by atoms with Gasteiger partial charge in [-0.15, -0.1) is 0 Å². The van der Waals surface area contributed by atoms with Crippen LogP contribution in [0.5, 0.6) is 5.75 Å². The van der Waals surface area contributed by atoms with Crippen LogP contribution in [0.25, 0.3) is 0 Å². The highest BCUT2D eigenvalue weighted by Crippen LogP contribution is 2.35. The average molecular weight is 438 g/mol. The summed E-state index contributed by atoms with van der Waals surface area (Å²) in [6.45, 7) is 7.62. The summed E-state index contributed by atoms with van der Waals surface area (Å²) in [5.41, 5.74) is 1.01. The number of rotatable bonds is 7. The fraction of sp³-hybridized carbons (Fsp3) is 0.619. The van der Waals surface area contributed by atoms with Gasteiger partial charge in [0, 0.05) is 32.2 Å². The van der Waals surface area contributed by atoms with Crippen molar-refractivity contribution in [3.05, 3.63) is 17.7 Å². The van der Waals surface area contributed by atoms with Crippen molar-refractivity contribution in [1.29, 1.82) is 0 Å². The molecule has 0 aliphatic carbocycles. The van der Waals surface area contributed by atoms with E-state index in [-0.39, 0.29) is 35.8 Å². The summed E-state index contributed by atoms with van der Waals surface area (Å²) < 4.78 is 33.6. The van der Waals surface area contributed by atoms with Gasteiger partial charge in [0.2, 0.25) is 15.9 Å². The minimum Gasteiger partial charge on any atom is -0.482 e. The van der Waals surface area contributed by atoms with Crippen molar-refractivity contribution in [3.63, 3.8) is 0 Å². The smallest absolute Gasteiger partial charge is 0.262 e. The highest BCUT2D eigenvalue weighted by atomic mass is 32.2. The molecule has 30 heavy (non-hydrogen) atoms. The number of fused-ring (bicyclic) bond motifs is 1. The van der Waals surface area contributed by atoms with Gasteiger partial charge in [-0.3, -0.25) is 9.59 Å². The summed E-state index contributed by atoms with van der Waals surface area (Å²) in [4.78, 5) is 26.6. The molecular formula is C21H31N3O5S. The average Bonchev–Trinajstić information content (AvgIpc) is 2.72. The minimum atomic E-state index is -3.79. The van der Waals surface area contributed by atoms with Crippen LogP contribution in [0.2, 0.25) is 0 Å². The predicted molar refractivity (Wildman–Crippen MR) is 114 cm³/mol. The normalized spacial score (nSPS) is 19.6. The molecule has 0 spiro atoms. The number of amides is 2. The van der Waals surface area contributed by atoms with Crippen LogP contribution in [0.3, 0.4) is 0 Å². The molecular weight excluding hydrogens is 406 g/mol. The highest BCUT2D eigenvalue weighted by Gasteiger charge is 2.36. The van der Waals surface area contributed by atoms with E-state index in [1.807, 2.05) is 18.7 Å². The zero-order valence-electron chi connectivity index (χ0n) is 17.9. The molecule has 0 radical (unpaired) electrons. The molecule has 2 heterocycles. The van der Waals surface area contributed by atoms with Crippen molar-refractivity contribution in [1.82, 2.24) is 9.21 Å². The Morgan fingerprint density at radius 1 is 1.27 bits per heavy atom. The van der Waals surface area contributed by atoms with E-state index in [2.05, 4.69) is 5.32 Å². The number of nitrogens with zero attached hydrogens (tertiary/aromatic N) is 2. The Kier molecular flexibility index (Phi) is 7.02. The van der Waals surface area contributed by atoms with Crippen LogP contribution in [0.15, 0.2) is 17.0 Å². The van der Waals surface area contributed by atoms with Crippen molar-refractivity contribution in [3.8, 4) is 5.75 Å². The number of carbonyl (C=O) groups is 2. The largest absolute Gasteiger partial charge is 0.482 e. The first kappa shape index (κ1) is 22.6. The van der Waals surface area contributed by atoms with Gasteiger partial charge < -0.3 is 15.0 Å². The second kappa shape index (κ2) is 9.34. The van der Waals surface area contributed by atoms with Crippen LogP contribution in [0, 0.1) is 12.8 Å². The Morgan fingerprint density at radius 3 is 2.63 bits per heavy atom. The van der Waals surface area contributed by atoms with E-state index in [4.69, 9.17) is 4.74 Å². The third kappa shape index (κ3) is 4.62. The van der Waals surface area contributed by atoms with Gasteiger partial charge in [0.15, 0.2) is 6.61 Å². The molecule has 2 aliphatic rings. The van der Waals surface area contributed by atoms with Gasteiger partial charge in [-0.25, -0.2) is 8.42 Å². The lowest BCUT2D eigenvalue weighted by Crippen LogP contribution is -2.47. The number of aryl methyl sites for hydroxylation is 1. The van der Waals surface area contributed by atoms with Gasteiger partial charge in [-0.05, 0) is 44.2 Å². The van der Waals surface area contributed by atoms with Crippen LogP contribution < -0.4 is 10.1 Å². The van der Waals surface area contributed by atoms with Gasteiger partial charge in [0.05, 0.1) is 16.5 Å². The van der Waals surface area contributed by atoms with Gasteiger partial charge in [0.1, 0.15) is 5.75 Å². The number of hydrogen-bond acceptors (Lipinski definition) is 5. The standard InChI is InChI=1S/C21H31N3O5S/c1-4-8-23(9-5-2)21(26)16-7-6-10-24(13-16)30(27,28)19-12-18-17(11-15(19)3)22-20(25)14-29-18/h11-12,16H,4-10,13-14H2,1-3H3,(H,22,25). The molecule has 1 aromatic rings. The Labute approximate surface area is 178 Å². The molecule has 1 aromatic carbocycles. The second-order valence-electron chi connectivity index (χ2n) is 7.98. The van der Waals surface area contributed by atoms with Gasteiger partial charge in [0.25, 0.3) is 5.91 Å². The zero-order valence-corrected chi connectivity index (χ0v) is 18.8. The molecule has 166 valence electrons. The molecule has 3 rings (SSSR count). The lowest BCUT2D eigenvalue weighted by atomic mass is 9.98.